The van der Waals surface area contributed by atoms with Gasteiger partial charge in [-0.05, 0) is 26.2 Å². The fourth-order valence-corrected chi connectivity index (χ4v) is 1.16. The zero-order valence-electron chi connectivity index (χ0n) is 9.17. The smallest absolute Gasteiger partial charge is 0.315 e. The van der Waals surface area contributed by atoms with E-state index in [0.29, 0.717) is 13.0 Å². The van der Waals surface area contributed by atoms with Gasteiger partial charge in [-0.15, -0.1) is 0 Å². The minimum absolute atomic E-state index is 0.0253. The number of hydrogen-bond acceptors (Lipinski definition) is 2. The highest BCUT2D eigenvalue weighted by atomic mass is 16.4. The quantitative estimate of drug-likeness (QED) is 0.637. The third kappa shape index (κ3) is 4.18. The molecule has 1 aliphatic rings. The molecule has 1 fully saturated rings. The first-order chi connectivity index (χ1) is 6.93. The second-order valence-electron chi connectivity index (χ2n) is 4.47. The number of rotatable bonds is 5. The standard InChI is InChI=1S/C10H18N2O3/c1-7(8(13)14)3-6-11-9(15)12-10(2)4-5-10/h7H,3-6H2,1-2H3,(H,13,14)(H2,11,12,15). The molecule has 1 rings (SSSR count). The highest BCUT2D eigenvalue weighted by Crippen LogP contribution is 2.33. The van der Waals surface area contributed by atoms with Crippen LogP contribution in [0.4, 0.5) is 4.79 Å². The van der Waals surface area contributed by atoms with Crippen molar-refractivity contribution in [1.29, 1.82) is 0 Å². The fourth-order valence-electron chi connectivity index (χ4n) is 1.16. The predicted octanol–water partition coefficient (Wildman–Crippen LogP) is 0.949. The maximum absolute atomic E-state index is 11.3. The molecule has 0 aliphatic heterocycles. The lowest BCUT2D eigenvalue weighted by Gasteiger charge is -2.13. The number of carboxylic acid groups (broad SMARTS) is 1. The number of hydrogen-bond donors (Lipinski definition) is 3. The van der Waals surface area contributed by atoms with Crippen LogP contribution in [-0.4, -0.2) is 29.2 Å². The van der Waals surface area contributed by atoms with Gasteiger partial charge in [-0.25, -0.2) is 4.79 Å². The van der Waals surface area contributed by atoms with Crippen molar-refractivity contribution in [1.82, 2.24) is 10.6 Å². The van der Waals surface area contributed by atoms with E-state index in [1.54, 1.807) is 6.92 Å². The highest BCUT2D eigenvalue weighted by Gasteiger charge is 2.38. The lowest BCUT2D eigenvalue weighted by Crippen LogP contribution is -2.42. The molecular weight excluding hydrogens is 196 g/mol. The van der Waals surface area contributed by atoms with Gasteiger partial charge < -0.3 is 15.7 Å². The number of aliphatic carboxylic acids is 1. The van der Waals surface area contributed by atoms with Crippen molar-refractivity contribution in [2.45, 2.75) is 38.6 Å². The summed E-state index contributed by atoms with van der Waals surface area (Å²) < 4.78 is 0. The van der Waals surface area contributed by atoms with Crippen molar-refractivity contribution in [3.8, 4) is 0 Å². The molecule has 0 bridgehead atoms. The summed E-state index contributed by atoms with van der Waals surface area (Å²) in [5, 5.41) is 14.1. The van der Waals surface area contributed by atoms with Gasteiger partial charge in [-0.3, -0.25) is 4.79 Å². The summed E-state index contributed by atoms with van der Waals surface area (Å²) in [6.45, 7) is 4.02. The summed E-state index contributed by atoms with van der Waals surface area (Å²) in [7, 11) is 0. The third-order valence-corrected chi connectivity index (χ3v) is 2.70. The molecule has 0 aromatic rings. The van der Waals surface area contributed by atoms with E-state index in [4.69, 9.17) is 5.11 Å². The minimum Gasteiger partial charge on any atom is -0.481 e. The molecule has 1 saturated carbocycles. The molecule has 0 heterocycles. The van der Waals surface area contributed by atoms with E-state index in [0.717, 1.165) is 12.8 Å². The Morgan fingerprint density at radius 3 is 2.53 bits per heavy atom. The normalized spacial score (nSPS) is 19.1. The molecule has 15 heavy (non-hydrogen) atoms. The van der Waals surface area contributed by atoms with E-state index in [-0.39, 0.29) is 11.6 Å². The molecular formula is C10H18N2O3. The van der Waals surface area contributed by atoms with E-state index >= 15 is 0 Å². The molecule has 5 nitrogen and oxygen atoms in total. The van der Waals surface area contributed by atoms with E-state index in [9.17, 15) is 9.59 Å². The Morgan fingerprint density at radius 2 is 2.07 bits per heavy atom. The lowest BCUT2D eigenvalue weighted by molar-refractivity contribution is -0.141. The van der Waals surface area contributed by atoms with Gasteiger partial charge in [-0.1, -0.05) is 6.92 Å². The van der Waals surface area contributed by atoms with Gasteiger partial charge in [0.1, 0.15) is 0 Å². The number of carbonyl (C=O) groups is 2. The van der Waals surface area contributed by atoms with Gasteiger partial charge in [0, 0.05) is 12.1 Å². The second-order valence-corrected chi connectivity index (χ2v) is 4.47. The van der Waals surface area contributed by atoms with Crippen LogP contribution in [0.5, 0.6) is 0 Å². The Bertz CT molecular complexity index is 261. The van der Waals surface area contributed by atoms with E-state index in [2.05, 4.69) is 10.6 Å². The van der Waals surface area contributed by atoms with Crippen LogP contribution in [0.15, 0.2) is 0 Å². The Labute approximate surface area is 89.2 Å². The van der Waals surface area contributed by atoms with E-state index in [1.807, 2.05) is 6.92 Å². The molecule has 0 aromatic heterocycles. The molecule has 5 heteroatoms. The van der Waals surface area contributed by atoms with Gasteiger partial charge in [0.05, 0.1) is 5.92 Å². The molecule has 0 saturated heterocycles. The lowest BCUT2D eigenvalue weighted by atomic mass is 10.1. The first-order valence-electron chi connectivity index (χ1n) is 5.22. The molecule has 1 aliphatic carbocycles. The maximum atomic E-state index is 11.3. The summed E-state index contributed by atoms with van der Waals surface area (Å²) >= 11 is 0. The van der Waals surface area contributed by atoms with Crippen LogP contribution < -0.4 is 10.6 Å². The van der Waals surface area contributed by atoms with Gasteiger partial charge in [0.15, 0.2) is 0 Å². The molecule has 3 N–H and O–H groups in total. The van der Waals surface area contributed by atoms with Crippen LogP contribution in [0.25, 0.3) is 0 Å². The van der Waals surface area contributed by atoms with Crippen LogP contribution in [0.3, 0.4) is 0 Å². The summed E-state index contributed by atoms with van der Waals surface area (Å²) in [6, 6.07) is -0.201. The Balaban J connectivity index is 2.09. The number of carboxylic acids is 1. The van der Waals surface area contributed by atoms with Crippen molar-refractivity contribution >= 4 is 12.0 Å². The predicted molar refractivity (Wildman–Crippen MR) is 55.6 cm³/mol. The second kappa shape index (κ2) is 4.51. The van der Waals surface area contributed by atoms with Gasteiger partial charge in [0.2, 0.25) is 0 Å². The molecule has 2 amide bonds. The molecule has 0 spiro atoms. The van der Waals surface area contributed by atoms with Crippen LogP contribution in [0, 0.1) is 5.92 Å². The van der Waals surface area contributed by atoms with E-state index < -0.39 is 11.9 Å². The first-order valence-corrected chi connectivity index (χ1v) is 5.22. The summed E-state index contributed by atoms with van der Waals surface area (Å²) in [5.41, 5.74) is -0.0253. The largest absolute Gasteiger partial charge is 0.481 e. The van der Waals surface area contributed by atoms with Crippen molar-refractivity contribution < 1.29 is 14.7 Å². The van der Waals surface area contributed by atoms with Gasteiger partial charge >= 0.3 is 12.0 Å². The molecule has 0 radical (unpaired) electrons. The molecule has 1 atom stereocenters. The third-order valence-electron chi connectivity index (χ3n) is 2.70. The van der Waals surface area contributed by atoms with Crippen molar-refractivity contribution in [2.24, 2.45) is 5.92 Å². The van der Waals surface area contributed by atoms with E-state index in [1.165, 1.54) is 0 Å². The molecule has 0 aromatic carbocycles. The maximum Gasteiger partial charge on any atom is 0.315 e. The Morgan fingerprint density at radius 1 is 1.47 bits per heavy atom. The summed E-state index contributed by atoms with van der Waals surface area (Å²) in [5.74, 6) is -1.24. The summed E-state index contributed by atoms with van der Waals surface area (Å²) in [6.07, 6.45) is 2.50. The van der Waals surface area contributed by atoms with Crippen molar-refractivity contribution in [3.63, 3.8) is 0 Å². The summed E-state index contributed by atoms with van der Waals surface area (Å²) in [4.78, 5) is 21.8. The zero-order chi connectivity index (χ0) is 11.5. The Hall–Kier alpha value is -1.26. The topological polar surface area (TPSA) is 78.4 Å². The fraction of sp³-hybridized carbons (Fsp3) is 0.800. The number of carbonyl (C=O) groups excluding carboxylic acids is 1. The highest BCUT2D eigenvalue weighted by molar-refractivity contribution is 5.75. The van der Waals surface area contributed by atoms with Gasteiger partial charge in [0.25, 0.3) is 0 Å². The minimum atomic E-state index is -0.827. The van der Waals surface area contributed by atoms with Crippen LogP contribution in [0.2, 0.25) is 0 Å². The Kier molecular flexibility index (Phi) is 3.55. The van der Waals surface area contributed by atoms with Crippen LogP contribution in [0.1, 0.15) is 33.1 Å². The first kappa shape index (κ1) is 11.8. The van der Waals surface area contributed by atoms with Crippen molar-refractivity contribution in [2.75, 3.05) is 6.54 Å². The van der Waals surface area contributed by atoms with Crippen molar-refractivity contribution in [3.05, 3.63) is 0 Å². The van der Waals surface area contributed by atoms with Crippen LogP contribution in [-0.2, 0) is 4.79 Å². The zero-order valence-corrected chi connectivity index (χ0v) is 9.17. The molecule has 86 valence electrons. The monoisotopic (exact) mass is 214 g/mol. The number of urea groups is 1. The number of amides is 2. The van der Waals surface area contributed by atoms with Crippen LogP contribution >= 0.6 is 0 Å². The SMILES string of the molecule is CC(CCNC(=O)NC1(C)CC1)C(=O)O. The number of nitrogens with one attached hydrogen (secondary N) is 2. The molecule has 1 unspecified atom stereocenters. The van der Waals surface area contributed by atoms with Gasteiger partial charge in [-0.2, -0.15) is 0 Å². The average molecular weight is 214 g/mol. The average Bonchev–Trinajstić information content (AvgIpc) is 2.82.